The second-order valence-corrected chi connectivity index (χ2v) is 5.28. The molecule has 0 aliphatic rings. The smallest absolute Gasteiger partial charge is 0.190 e. The summed E-state index contributed by atoms with van der Waals surface area (Å²) in [7, 11) is 1.80. The van der Waals surface area contributed by atoms with Gasteiger partial charge in [0.2, 0.25) is 0 Å². The zero-order valence-corrected chi connectivity index (χ0v) is 12.8. The first-order valence-electron chi connectivity index (χ1n) is 6.98. The van der Waals surface area contributed by atoms with Crippen LogP contribution in [0.25, 0.3) is 0 Å². The van der Waals surface area contributed by atoms with Gasteiger partial charge in [-0.1, -0.05) is 13.8 Å². The van der Waals surface area contributed by atoms with Crippen LogP contribution >= 0.6 is 0 Å². The Kier molecular flexibility index (Phi) is 6.39. The second-order valence-electron chi connectivity index (χ2n) is 5.28. The first kappa shape index (κ1) is 15.5. The zero-order chi connectivity index (χ0) is 14.3. The van der Waals surface area contributed by atoms with E-state index in [1.165, 1.54) is 5.69 Å². The molecule has 5 nitrogen and oxygen atoms in total. The van der Waals surface area contributed by atoms with Crippen molar-refractivity contribution in [3.63, 3.8) is 0 Å². The quantitative estimate of drug-likeness (QED) is 0.468. The normalized spacial score (nSPS) is 12.0. The van der Waals surface area contributed by atoms with Gasteiger partial charge in [-0.2, -0.15) is 5.10 Å². The lowest BCUT2D eigenvalue weighted by atomic mass is 10.2. The van der Waals surface area contributed by atoms with Crippen molar-refractivity contribution in [1.29, 1.82) is 0 Å². The maximum Gasteiger partial charge on any atom is 0.190 e. The molecule has 1 aromatic heterocycles. The molecule has 1 heterocycles. The molecule has 0 saturated carbocycles. The molecular weight excluding hydrogens is 238 g/mol. The topological polar surface area (TPSA) is 54.2 Å². The van der Waals surface area contributed by atoms with Gasteiger partial charge in [0, 0.05) is 32.4 Å². The van der Waals surface area contributed by atoms with Gasteiger partial charge >= 0.3 is 0 Å². The highest BCUT2D eigenvalue weighted by atomic mass is 15.3. The summed E-state index contributed by atoms with van der Waals surface area (Å²) in [5, 5.41) is 11.1. The van der Waals surface area contributed by atoms with Crippen molar-refractivity contribution in [3.05, 3.63) is 17.5 Å². The summed E-state index contributed by atoms with van der Waals surface area (Å²) < 4.78 is 2.06. The van der Waals surface area contributed by atoms with Gasteiger partial charge in [-0.25, -0.2) is 0 Å². The predicted octanol–water partition coefficient (Wildman–Crippen LogP) is 1.71. The third-order valence-electron chi connectivity index (χ3n) is 2.84. The maximum absolute atomic E-state index is 4.45. The molecule has 0 saturated heterocycles. The van der Waals surface area contributed by atoms with E-state index in [0.717, 1.165) is 37.7 Å². The van der Waals surface area contributed by atoms with Gasteiger partial charge in [-0.05, 0) is 32.3 Å². The monoisotopic (exact) mass is 265 g/mol. The first-order valence-corrected chi connectivity index (χ1v) is 6.98. The Bertz CT molecular complexity index is 406. The summed E-state index contributed by atoms with van der Waals surface area (Å²) in [4.78, 5) is 4.20. The van der Waals surface area contributed by atoms with Crippen LogP contribution in [0.4, 0.5) is 0 Å². The lowest BCUT2D eigenvalue weighted by Gasteiger charge is -2.13. The molecule has 0 spiro atoms. The van der Waals surface area contributed by atoms with Crippen molar-refractivity contribution < 1.29 is 0 Å². The summed E-state index contributed by atoms with van der Waals surface area (Å²) in [5.74, 6) is 1.50. The SMILES string of the molecule is CN=C(NCCCn1nc(C)cc1C)NCC(C)C. The van der Waals surface area contributed by atoms with Crippen LogP contribution in [0.1, 0.15) is 31.7 Å². The summed E-state index contributed by atoms with van der Waals surface area (Å²) in [5.41, 5.74) is 2.31. The number of rotatable bonds is 6. The molecule has 5 heteroatoms. The molecule has 2 N–H and O–H groups in total. The third-order valence-corrected chi connectivity index (χ3v) is 2.84. The Labute approximate surface area is 116 Å². The largest absolute Gasteiger partial charge is 0.356 e. The van der Waals surface area contributed by atoms with Crippen LogP contribution in [0.2, 0.25) is 0 Å². The Morgan fingerprint density at radius 3 is 2.63 bits per heavy atom. The molecular formula is C14H27N5. The minimum absolute atomic E-state index is 0.619. The first-order chi connectivity index (χ1) is 9.02. The standard InChI is InChI=1S/C14H27N5/c1-11(2)10-17-14(15-5)16-7-6-8-19-13(4)9-12(3)18-19/h9,11H,6-8,10H2,1-5H3,(H2,15,16,17). The number of aromatic nitrogens is 2. The molecule has 0 atom stereocenters. The number of aryl methyl sites for hydroxylation is 3. The fraction of sp³-hybridized carbons (Fsp3) is 0.714. The average molecular weight is 265 g/mol. The van der Waals surface area contributed by atoms with Crippen LogP contribution in [0.5, 0.6) is 0 Å². The Morgan fingerprint density at radius 1 is 1.37 bits per heavy atom. The van der Waals surface area contributed by atoms with Crippen LogP contribution in [-0.4, -0.2) is 35.9 Å². The highest BCUT2D eigenvalue weighted by Gasteiger charge is 2.01. The molecule has 0 aliphatic carbocycles. The van der Waals surface area contributed by atoms with Gasteiger partial charge in [0.1, 0.15) is 0 Å². The lowest BCUT2D eigenvalue weighted by Crippen LogP contribution is -2.39. The zero-order valence-electron chi connectivity index (χ0n) is 12.8. The van der Waals surface area contributed by atoms with E-state index in [9.17, 15) is 0 Å². The molecule has 0 radical (unpaired) electrons. The number of nitrogens with one attached hydrogen (secondary N) is 2. The third kappa shape index (κ3) is 5.77. The summed E-state index contributed by atoms with van der Waals surface area (Å²) in [6.45, 7) is 11.3. The fourth-order valence-electron chi connectivity index (χ4n) is 1.86. The summed E-state index contributed by atoms with van der Waals surface area (Å²) in [6.07, 6.45) is 1.03. The van der Waals surface area contributed by atoms with Crippen molar-refractivity contribution in [3.8, 4) is 0 Å². The van der Waals surface area contributed by atoms with E-state index < -0.39 is 0 Å². The minimum atomic E-state index is 0.619. The van der Waals surface area contributed by atoms with E-state index in [0.29, 0.717) is 5.92 Å². The Hall–Kier alpha value is -1.52. The molecule has 0 fully saturated rings. The van der Waals surface area contributed by atoms with Crippen LogP contribution in [0.15, 0.2) is 11.1 Å². The van der Waals surface area contributed by atoms with Crippen LogP contribution in [0.3, 0.4) is 0 Å². The number of guanidine groups is 1. The van der Waals surface area contributed by atoms with Gasteiger partial charge in [0.05, 0.1) is 5.69 Å². The number of aliphatic imine (C=N–C) groups is 1. The summed E-state index contributed by atoms with van der Waals surface area (Å²) in [6, 6.07) is 2.11. The van der Waals surface area contributed by atoms with E-state index in [1.54, 1.807) is 7.05 Å². The summed E-state index contributed by atoms with van der Waals surface area (Å²) >= 11 is 0. The van der Waals surface area contributed by atoms with Gasteiger partial charge in [-0.15, -0.1) is 0 Å². The van der Waals surface area contributed by atoms with E-state index in [1.807, 2.05) is 6.92 Å². The Balaban J connectivity index is 2.24. The highest BCUT2D eigenvalue weighted by molar-refractivity contribution is 5.79. The van der Waals surface area contributed by atoms with Gasteiger partial charge in [0.25, 0.3) is 0 Å². The van der Waals surface area contributed by atoms with E-state index in [4.69, 9.17) is 0 Å². The van der Waals surface area contributed by atoms with Crippen molar-refractivity contribution in [2.75, 3.05) is 20.1 Å². The molecule has 0 bridgehead atoms. The van der Waals surface area contributed by atoms with Crippen molar-refractivity contribution in [2.24, 2.45) is 10.9 Å². The molecule has 0 aliphatic heterocycles. The molecule has 0 unspecified atom stereocenters. The van der Waals surface area contributed by atoms with E-state index in [-0.39, 0.29) is 0 Å². The number of hydrogen-bond acceptors (Lipinski definition) is 2. The van der Waals surface area contributed by atoms with Gasteiger partial charge in [-0.3, -0.25) is 9.67 Å². The lowest BCUT2D eigenvalue weighted by molar-refractivity contribution is 0.552. The van der Waals surface area contributed by atoms with Gasteiger partial charge < -0.3 is 10.6 Å². The van der Waals surface area contributed by atoms with Crippen molar-refractivity contribution >= 4 is 5.96 Å². The van der Waals surface area contributed by atoms with E-state index in [2.05, 4.69) is 52.2 Å². The minimum Gasteiger partial charge on any atom is -0.356 e. The number of nitrogens with zero attached hydrogens (tertiary/aromatic N) is 3. The van der Waals surface area contributed by atoms with Gasteiger partial charge in [0.15, 0.2) is 5.96 Å². The van der Waals surface area contributed by atoms with Crippen molar-refractivity contribution in [1.82, 2.24) is 20.4 Å². The molecule has 1 aromatic rings. The molecule has 108 valence electrons. The molecule has 0 amide bonds. The second kappa shape index (κ2) is 7.81. The van der Waals surface area contributed by atoms with Crippen molar-refractivity contribution in [2.45, 2.75) is 40.7 Å². The maximum atomic E-state index is 4.45. The molecule has 0 aromatic carbocycles. The van der Waals surface area contributed by atoms with Crippen LogP contribution in [0, 0.1) is 19.8 Å². The Morgan fingerprint density at radius 2 is 2.11 bits per heavy atom. The number of hydrogen-bond donors (Lipinski definition) is 2. The molecule has 1 rings (SSSR count). The van der Waals surface area contributed by atoms with Crippen LogP contribution in [-0.2, 0) is 6.54 Å². The van der Waals surface area contributed by atoms with Crippen LogP contribution < -0.4 is 10.6 Å². The molecule has 19 heavy (non-hydrogen) atoms. The fourth-order valence-corrected chi connectivity index (χ4v) is 1.86. The highest BCUT2D eigenvalue weighted by Crippen LogP contribution is 2.02. The predicted molar refractivity (Wildman–Crippen MR) is 80.5 cm³/mol. The van der Waals surface area contributed by atoms with E-state index >= 15 is 0 Å². The average Bonchev–Trinajstić information content (AvgIpc) is 2.66.